The first kappa shape index (κ1) is 19.9. The number of ether oxygens (including phenoxy) is 2. The average Bonchev–Trinajstić information content (AvgIpc) is 3.40. The van der Waals surface area contributed by atoms with Crippen LogP contribution in [-0.4, -0.2) is 28.3 Å². The second-order valence-electron chi connectivity index (χ2n) is 7.07. The van der Waals surface area contributed by atoms with E-state index in [0.29, 0.717) is 29.0 Å². The van der Waals surface area contributed by atoms with E-state index in [2.05, 4.69) is 10.4 Å². The quantitative estimate of drug-likeness (QED) is 0.743. The number of fused-ring (bicyclic) bond motifs is 1. The summed E-state index contributed by atoms with van der Waals surface area (Å²) in [5.41, 5.74) is -2.41. The molecule has 0 saturated heterocycles. The van der Waals surface area contributed by atoms with Crippen LogP contribution in [0.1, 0.15) is 47.3 Å². The second kappa shape index (κ2) is 7.15. The number of carbonyl (C=O) groups is 2. The molecule has 8 nitrogen and oxygen atoms in total. The highest BCUT2D eigenvalue weighted by Gasteiger charge is 2.37. The van der Waals surface area contributed by atoms with Crippen molar-refractivity contribution >= 4 is 17.4 Å². The molecule has 11 heteroatoms. The van der Waals surface area contributed by atoms with Gasteiger partial charge < -0.3 is 14.8 Å². The van der Waals surface area contributed by atoms with Crippen LogP contribution in [0.3, 0.4) is 0 Å². The van der Waals surface area contributed by atoms with Gasteiger partial charge in [0.05, 0.1) is 11.4 Å². The predicted octanol–water partition coefficient (Wildman–Crippen LogP) is 2.71. The zero-order valence-electron chi connectivity index (χ0n) is 15.7. The largest absolute Gasteiger partial charge is 0.454 e. The van der Waals surface area contributed by atoms with Crippen LogP contribution in [0.2, 0.25) is 0 Å². The minimum atomic E-state index is -4.86. The number of rotatable bonds is 5. The van der Waals surface area contributed by atoms with Gasteiger partial charge in [0.1, 0.15) is 12.1 Å². The van der Waals surface area contributed by atoms with Gasteiger partial charge in [-0.3, -0.25) is 14.4 Å². The van der Waals surface area contributed by atoms with Crippen molar-refractivity contribution < 1.29 is 32.2 Å². The molecule has 30 heavy (non-hydrogen) atoms. The molecule has 0 unspecified atom stereocenters. The summed E-state index contributed by atoms with van der Waals surface area (Å²) in [5, 5.41) is 6.38. The number of halogens is 3. The Labute approximate surface area is 167 Å². The Morgan fingerprint density at radius 3 is 2.47 bits per heavy atom. The Morgan fingerprint density at radius 2 is 1.87 bits per heavy atom. The molecule has 0 spiro atoms. The van der Waals surface area contributed by atoms with Crippen LogP contribution in [0.4, 0.5) is 18.9 Å². The molecule has 2 aliphatic rings. The molecule has 1 amide bonds. The maximum Gasteiger partial charge on any atom is 0.421 e. The van der Waals surface area contributed by atoms with Gasteiger partial charge in [-0.2, -0.15) is 18.3 Å². The number of carbonyl (C=O) groups excluding carboxylic acids is 2. The summed E-state index contributed by atoms with van der Waals surface area (Å²) < 4.78 is 50.6. The van der Waals surface area contributed by atoms with E-state index < -0.39 is 29.8 Å². The van der Waals surface area contributed by atoms with Crippen LogP contribution in [0.15, 0.2) is 23.0 Å². The van der Waals surface area contributed by atoms with Gasteiger partial charge in [-0.25, -0.2) is 4.68 Å². The molecule has 1 aliphatic carbocycles. The van der Waals surface area contributed by atoms with Crippen LogP contribution >= 0.6 is 0 Å². The van der Waals surface area contributed by atoms with E-state index in [9.17, 15) is 27.6 Å². The van der Waals surface area contributed by atoms with E-state index >= 15 is 0 Å². The minimum Gasteiger partial charge on any atom is -0.454 e. The third-order valence-corrected chi connectivity index (χ3v) is 4.75. The first-order chi connectivity index (χ1) is 14.1. The smallest absolute Gasteiger partial charge is 0.421 e. The van der Waals surface area contributed by atoms with Crippen molar-refractivity contribution in [3.05, 3.63) is 45.4 Å². The van der Waals surface area contributed by atoms with Crippen molar-refractivity contribution in [1.82, 2.24) is 9.78 Å². The van der Waals surface area contributed by atoms with Crippen molar-refractivity contribution in [1.29, 1.82) is 0 Å². The number of hydrogen-bond donors (Lipinski definition) is 1. The van der Waals surface area contributed by atoms with Gasteiger partial charge >= 0.3 is 6.18 Å². The zero-order chi connectivity index (χ0) is 21.6. The monoisotopic (exact) mass is 423 g/mol. The van der Waals surface area contributed by atoms with Gasteiger partial charge in [0, 0.05) is 17.5 Å². The van der Waals surface area contributed by atoms with Crippen molar-refractivity contribution in [3.8, 4) is 11.5 Å². The highest BCUT2D eigenvalue weighted by molar-refractivity contribution is 6.04. The lowest BCUT2D eigenvalue weighted by atomic mass is 10.1. The highest BCUT2D eigenvalue weighted by Crippen LogP contribution is 2.40. The van der Waals surface area contributed by atoms with Crippen molar-refractivity contribution in [2.45, 2.75) is 38.4 Å². The number of benzene rings is 1. The lowest BCUT2D eigenvalue weighted by molar-refractivity contribution is -0.139. The number of ketones is 1. The van der Waals surface area contributed by atoms with Crippen LogP contribution in [-0.2, 0) is 17.5 Å². The molecule has 0 radical (unpaired) electrons. The molecule has 0 atom stereocenters. The van der Waals surface area contributed by atoms with Gasteiger partial charge in [-0.1, -0.05) is 0 Å². The number of nitrogens with one attached hydrogen (secondary N) is 1. The number of anilines is 1. The van der Waals surface area contributed by atoms with Crippen LogP contribution in [0.25, 0.3) is 0 Å². The van der Waals surface area contributed by atoms with E-state index in [1.165, 1.54) is 19.1 Å². The van der Waals surface area contributed by atoms with Crippen molar-refractivity contribution in [2.75, 3.05) is 12.1 Å². The molecule has 0 bridgehead atoms. The Kier molecular flexibility index (Phi) is 4.75. The average molecular weight is 423 g/mol. The number of Topliss-reactive ketones (excluding diaryl/α,β-unsaturated/α-hetero) is 1. The highest BCUT2D eigenvalue weighted by atomic mass is 19.4. The van der Waals surface area contributed by atoms with E-state index in [1.54, 1.807) is 0 Å². The zero-order valence-corrected chi connectivity index (χ0v) is 15.7. The lowest BCUT2D eigenvalue weighted by Gasteiger charge is -2.13. The summed E-state index contributed by atoms with van der Waals surface area (Å²) in [5.74, 6) is -0.691. The molecule has 158 valence electrons. The van der Waals surface area contributed by atoms with E-state index in [-0.39, 0.29) is 35.4 Å². The topological polar surface area (TPSA) is 99.5 Å². The summed E-state index contributed by atoms with van der Waals surface area (Å²) in [4.78, 5) is 36.6. The Morgan fingerprint density at radius 1 is 1.20 bits per heavy atom. The van der Waals surface area contributed by atoms with E-state index in [4.69, 9.17) is 9.47 Å². The molecule has 1 saturated carbocycles. The molecule has 2 heterocycles. The van der Waals surface area contributed by atoms with E-state index in [1.807, 2.05) is 0 Å². The van der Waals surface area contributed by atoms with Crippen LogP contribution < -0.4 is 20.3 Å². The third kappa shape index (κ3) is 3.87. The molecular formula is C19H16F3N3O5. The molecule has 1 N–H and O–H groups in total. The van der Waals surface area contributed by atoms with Crippen molar-refractivity contribution in [2.24, 2.45) is 0 Å². The first-order valence-electron chi connectivity index (χ1n) is 9.07. The summed E-state index contributed by atoms with van der Waals surface area (Å²) in [6.45, 7) is 0.500. The third-order valence-electron chi connectivity index (χ3n) is 4.75. The number of amides is 1. The summed E-state index contributed by atoms with van der Waals surface area (Å²) in [6, 6.07) is 3.54. The molecule has 1 aromatic heterocycles. The molecule has 2 aromatic rings. The maximum atomic E-state index is 13.2. The van der Waals surface area contributed by atoms with Gasteiger partial charge in [0.25, 0.3) is 5.56 Å². The summed E-state index contributed by atoms with van der Waals surface area (Å²) in [6.07, 6.45) is -3.51. The number of aromatic nitrogens is 2. The second-order valence-corrected chi connectivity index (χ2v) is 7.07. The lowest BCUT2D eigenvalue weighted by Crippen LogP contribution is -2.35. The van der Waals surface area contributed by atoms with Crippen LogP contribution in [0.5, 0.6) is 11.5 Å². The fourth-order valence-electron chi connectivity index (χ4n) is 3.11. The predicted molar refractivity (Wildman–Crippen MR) is 96.7 cm³/mol. The van der Waals surface area contributed by atoms with Gasteiger partial charge in [0.2, 0.25) is 12.7 Å². The fraction of sp³-hybridized carbons (Fsp3) is 0.368. The molecule has 1 aromatic carbocycles. The Hall–Kier alpha value is -3.37. The van der Waals surface area contributed by atoms with Crippen LogP contribution in [0, 0.1) is 0 Å². The van der Waals surface area contributed by atoms with E-state index in [0.717, 1.165) is 6.07 Å². The number of nitrogens with zero attached hydrogens (tertiary/aromatic N) is 2. The number of hydrogen-bond acceptors (Lipinski definition) is 6. The first-order valence-corrected chi connectivity index (χ1v) is 9.07. The standard InChI is InChI=1S/C19H16F3N3O5/c1-9(26)11-4-15-16(30-8-29-15)6-14(11)23-17(27)7-25-18(28)12(19(20,21)22)5-13(24-25)10-2-3-10/h4-6,10H,2-3,7-8H2,1H3,(H,23,27). The molecule has 1 fully saturated rings. The van der Waals surface area contributed by atoms with Crippen molar-refractivity contribution in [3.63, 3.8) is 0 Å². The number of alkyl halides is 3. The SMILES string of the molecule is CC(=O)c1cc2c(cc1NC(=O)Cn1nc(C3CC3)cc(C(F)(F)F)c1=O)OCO2. The normalized spacial score (nSPS) is 15.2. The molecular weight excluding hydrogens is 407 g/mol. The summed E-state index contributed by atoms with van der Waals surface area (Å²) >= 11 is 0. The molecule has 1 aliphatic heterocycles. The molecule has 4 rings (SSSR count). The minimum absolute atomic E-state index is 0.0441. The van der Waals surface area contributed by atoms with Gasteiger partial charge in [0.15, 0.2) is 17.3 Å². The fourth-order valence-corrected chi connectivity index (χ4v) is 3.11. The Balaban J connectivity index is 1.63. The Bertz CT molecular complexity index is 1110. The van der Waals surface area contributed by atoms with Gasteiger partial charge in [-0.05, 0) is 31.9 Å². The van der Waals surface area contributed by atoms with Gasteiger partial charge in [-0.15, -0.1) is 0 Å². The summed E-state index contributed by atoms with van der Waals surface area (Å²) in [7, 11) is 0. The maximum absolute atomic E-state index is 13.2.